The lowest BCUT2D eigenvalue weighted by Gasteiger charge is -2.06. The quantitative estimate of drug-likeness (QED) is 0.747. The number of hydrogen-bond acceptors (Lipinski definition) is 5. The number of benzene rings is 2. The van der Waals surface area contributed by atoms with E-state index in [0.29, 0.717) is 21.3 Å². The first-order chi connectivity index (χ1) is 11.1. The van der Waals surface area contributed by atoms with Gasteiger partial charge in [-0.25, -0.2) is 0 Å². The first-order valence-electron chi connectivity index (χ1n) is 6.95. The summed E-state index contributed by atoms with van der Waals surface area (Å²) in [5, 5.41) is 11.7. The molecule has 0 fully saturated rings. The number of anilines is 1. The van der Waals surface area contributed by atoms with Crippen LogP contribution in [0.15, 0.2) is 54.6 Å². The average Bonchev–Trinajstić information content (AvgIpc) is 3.05. The maximum atomic E-state index is 12.6. The Morgan fingerprint density at radius 1 is 0.957 bits per heavy atom. The fraction of sp³-hybridized carbons (Fsp3) is 0.0588. The number of carbonyl (C=O) groups is 2. The molecule has 0 aliphatic carbocycles. The zero-order valence-electron chi connectivity index (χ0n) is 12.3. The Balaban J connectivity index is 1.93. The molecule has 0 aliphatic rings. The highest BCUT2D eigenvalue weighted by Gasteiger charge is 2.19. The third kappa shape index (κ3) is 3.32. The van der Waals surface area contributed by atoms with Crippen molar-refractivity contribution in [3.63, 3.8) is 0 Å². The van der Waals surface area contributed by atoms with E-state index in [1.165, 1.54) is 18.3 Å². The molecule has 0 saturated carbocycles. The van der Waals surface area contributed by atoms with E-state index >= 15 is 0 Å². The monoisotopic (exact) mass is 323 g/mol. The Bertz CT molecular complexity index is 859. The molecule has 23 heavy (non-hydrogen) atoms. The molecule has 0 bridgehead atoms. The first-order valence-corrected chi connectivity index (χ1v) is 7.77. The Hall–Kier alpha value is -2.86. The standard InChI is InChI=1S/C17H13N3O2S/c1-11(21)18-14-10-6-5-9-13(14)15(22)17-20-19-16(23-17)12-7-3-2-4-8-12/h2-10H,1H3,(H,18,21). The van der Waals surface area contributed by atoms with Crippen molar-refractivity contribution in [1.29, 1.82) is 0 Å². The third-order valence-corrected chi connectivity index (χ3v) is 4.09. The van der Waals surface area contributed by atoms with E-state index in [2.05, 4.69) is 15.5 Å². The zero-order chi connectivity index (χ0) is 16.2. The van der Waals surface area contributed by atoms with Gasteiger partial charge in [0.05, 0.1) is 5.69 Å². The molecule has 6 heteroatoms. The Morgan fingerprint density at radius 2 is 1.65 bits per heavy atom. The van der Waals surface area contributed by atoms with Gasteiger partial charge < -0.3 is 5.32 Å². The Labute approximate surface area is 137 Å². The molecule has 0 atom stereocenters. The van der Waals surface area contributed by atoms with E-state index in [4.69, 9.17) is 0 Å². The van der Waals surface area contributed by atoms with Gasteiger partial charge in [0.25, 0.3) is 0 Å². The summed E-state index contributed by atoms with van der Waals surface area (Å²) < 4.78 is 0. The number of hydrogen-bond donors (Lipinski definition) is 1. The van der Waals surface area contributed by atoms with Gasteiger partial charge in [0, 0.05) is 18.1 Å². The van der Waals surface area contributed by atoms with Crippen LogP contribution in [0.4, 0.5) is 5.69 Å². The van der Waals surface area contributed by atoms with Crippen molar-refractivity contribution in [2.45, 2.75) is 6.92 Å². The Kier molecular flexibility index (Phi) is 4.25. The molecule has 114 valence electrons. The second-order valence-corrected chi connectivity index (χ2v) is 5.81. The van der Waals surface area contributed by atoms with E-state index in [-0.39, 0.29) is 11.7 Å². The van der Waals surface area contributed by atoms with Crippen molar-refractivity contribution in [2.24, 2.45) is 0 Å². The van der Waals surface area contributed by atoms with Crippen LogP contribution in [0.2, 0.25) is 0 Å². The SMILES string of the molecule is CC(=O)Nc1ccccc1C(=O)c1nnc(-c2ccccc2)s1. The summed E-state index contributed by atoms with van der Waals surface area (Å²) in [5.41, 5.74) is 1.79. The lowest BCUT2D eigenvalue weighted by Crippen LogP contribution is -2.11. The molecular weight excluding hydrogens is 310 g/mol. The van der Waals surface area contributed by atoms with Gasteiger partial charge in [-0.2, -0.15) is 0 Å². The minimum Gasteiger partial charge on any atom is -0.326 e. The average molecular weight is 323 g/mol. The van der Waals surface area contributed by atoms with Crippen LogP contribution in [0.1, 0.15) is 22.3 Å². The molecule has 0 spiro atoms. The molecule has 1 N–H and O–H groups in total. The molecule has 1 amide bonds. The molecule has 0 aliphatic heterocycles. The fourth-order valence-corrected chi connectivity index (χ4v) is 2.91. The molecule has 5 nitrogen and oxygen atoms in total. The van der Waals surface area contributed by atoms with Crippen molar-refractivity contribution >= 4 is 28.7 Å². The number of amides is 1. The van der Waals surface area contributed by atoms with Crippen LogP contribution in [0.3, 0.4) is 0 Å². The van der Waals surface area contributed by atoms with Gasteiger partial charge in [-0.15, -0.1) is 10.2 Å². The number of ketones is 1. The highest BCUT2D eigenvalue weighted by Crippen LogP contribution is 2.26. The summed E-state index contributed by atoms with van der Waals surface area (Å²) >= 11 is 1.23. The number of nitrogens with one attached hydrogen (secondary N) is 1. The van der Waals surface area contributed by atoms with Crippen molar-refractivity contribution in [3.05, 3.63) is 65.2 Å². The summed E-state index contributed by atoms with van der Waals surface area (Å²) in [6.07, 6.45) is 0. The van der Waals surface area contributed by atoms with E-state index in [0.717, 1.165) is 5.56 Å². The maximum absolute atomic E-state index is 12.6. The molecule has 1 aromatic heterocycles. The summed E-state index contributed by atoms with van der Waals surface area (Å²) in [6.45, 7) is 1.40. The van der Waals surface area contributed by atoms with Gasteiger partial charge in [-0.1, -0.05) is 53.8 Å². The van der Waals surface area contributed by atoms with E-state index < -0.39 is 0 Å². The predicted octanol–water partition coefficient (Wildman–Crippen LogP) is 3.39. The molecule has 0 saturated heterocycles. The zero-order valence-corrected chi connectivity index (χ0v) is 13.1. The predicted molar refractivity (Wildman–Crippen MR) is 89.5 cm³/mol. The van der Waals surface area contributed by atoms with Gasteiger partial charge >= 0.3 is 0 Å². The lowest BCUT2D eigenvalue weighted by molar-refractivity contribution is -0.114. The second kappa shape index (κ2) is 6.50. The Morgan fingerprint density at radius 3 is 2.39 bits per heavy atom. The number of para-hydroxylation sites is 1. The number of rotatable bonds is 4. The third-order valence-electron chi connectivity index (χ3n) is 3.12. The highest BCUT2D eigenvalue weighted by molar-refractivity contribution is 7.16. The molecule has 1 heterocycles. The van der Waals surface area contributed by atoms with E-state index in [9.17, 15) is 9.59 Å². The molecule has 0 radical (unpaired) electrons. The normalized spacial score (nSPS) is 10.3. The summed E-state index contributed by atoms with van der Waals surface area (Å²) in [5.74, 6) is -0.485. The van der Waals surface area contributed by atoms with Crippen LogP contribution in [0, 0.1) is 0 Å². The highest BCUT2D eigenvalue weighted by atomic mass is 32.1. The smallest absolute Gasteiger partial charge is 0.225 e. The van der Waals surface area contributed by atoms with Crippen molar-refractivity contribution < 1.29 is 9.59 Å². The summed E-state index contributed by atoms with van der Waals surface area (Å²) in [6, 6.07) is 16.4. The fourth-order valence-electron chi connectivity index (χ4n) is 2.11. The second-order valence-electron chi connectivity index (χ2n) is 4.83. The van der Waals surface area contributed by atoms with Crippen LogP contribution in [-0.4, -0.2) is 21.9 Å². The van der Waals surface area contributed by atoms with Crippen LogP contribution < -0.4 is 5.32 Å². The lowest BCUT2D eigenvalue weighted by atomic mass is 10.1. The minimum absolute atomic E-state index is 0.229. The first kappa shape index (κ1) is 15.1. The van der Waals surface area contributed by atoms with Gasteiger partial charge in [-0.05, 0) is 12.1 Å². The molecule has 2 aromatic carbocycles. The number of carbonyl (C=O) groups excluding carboxylic acids is 2. The van der Waals surface area contributed by atoms with Gasteiger partial charge in [0.1, 0.15) is 5.01 Å². The van der Waals surface area contributed by atoms with Crippen molar-refractivity contribution in [1.82, 2.24) is 10.2 Å². The minimum atomic E-state index is -0.256. The molecule has 0 unspecified atom stereocenters. The topological polar surface area (TPSA) is 72.0 Å². The van der Waals surface area contributed by atoms with Crippen LogP contribution >= 0.6 is 11.3 Å². The van der Waals surface area contributed by atoms with Crippen LogP contribution in [-0.2, 0) is 4.79 Å². The van der Waals surface area contributed by atoms with Crippen molar-refractivity contribution in [3.8, 4) is 10.6 Å². The van der Waals surface area contributed by atoms with E-state index in [1.807, 2.05) is 30.3 Å². The molecular formula is C17H13N3O2S. The van der Waals surface area contributed by atoms with Gasteiger partial charge in [0.2, 0.25) is 11.7 Å². The molecule has 3 aromatic rings. The number of aromatic nitrogens is 2. The summed E-state index contributed by atoms with van der Waals surface area (Å²) in [4.78, 5) is 23.9. The number of nitrogens with zero attached hydrogens (tertiary/aromatic N) is 2. The van der Waals surface area contributed by atoms with Crippen molar-refractivity contribution in [2.75, 3.05) is 5.32 Å². The maximum Gasteiger partial charge on any atom is 0.225 e. The van der Waals surface area contributed by atoms with Crippen LogP contribution in [0.5, 0.6) is 0 Å². The summed E-state index contributed by atoms with van der Waals surface area (Å²) in [7, 11) is 0. The van der Waals surface area contributed by atoms with Crippen LogP contribution in [0.25, 0.3) is 10.6 Å². The van der Waals surface area contributed by atoms with E-state index in [1.54, 1.807) is 24.3 Å². The van der Waals surface area contributed by atoms with Gasteiger partial charge in [0.15, 0.2) is 5.01 Å². The largest absolute Gasteiger partial charge is 0.326 e. The molecule has 3 rings (SSSR count). The van der Waals surface area contributed by atoms with Gasteiger partial charge in [-0.3, -0.25) is 9.59 Å².